The molecule has 1 aromatic carbocycles. The fraction of sp³-hybridized carbons (Fsp3) is 0.333. The van der Waals surface area contributed by atoms with Crippen molar-refractivity contribution in [1.82, 2.24) is 15.1 Å². The Hall–Kier alpha value is -1.82. The van der Waals surface area contributed by atoms with Crippen LogP contribution in [0.15, 0.2) is 28.7 Å². The molecule has 112 valence electrons. The molecule has 0 unspecified atom stereocenters. The van der Waals surface area contributed by atoms with Crippen LogP contribution in [0.5, 0.6) is 5.75 Å². The topological polar surface area (TPSA) is 67.2 Å². The number of aromatic hydroxyl groups is 1. The number of benzene rings is 1. The summed E-state index contributed by atoms with van der Waals surface area (Å²) in [6, 6.07) is 6.80. The SMILES string of the molecule is Cc1cc(C)n(CCCNC(=O)c2ccc(Br)c(O)c2)n1. The van der Waals surface area contributed by atoms with Gasteiger partial charge in [0.25, 0.3) is 5.91 Å². The zero-order chi connectivity index (χ0) is 15.4. The molecule has 1 amide bonds. The Morgan fingerprint density at radius 2 is 2.14 bits per heavy atom. The minimum absolute atomic E-state index is 0.0605. The number of rotatable bonds is 5. The van der Waals surface area contributed by atoms with Gasteiger partial charge in [-0.1, -0.05) is 0 Å². The number of carbonyl (C=O) groups is 1. The number of amides is 1. The average molecular weight is 352 g/mol. The van der Waals surface area contributed by atoms with Gasteiger partial charge < -0.3 is 10.4 Å². The summed E-state index contributed by atoms with van der Waals surface area (Å²) in [7, 11) is 0. The molecule has 0 saturated heterocycles. The zero-order valence-corrected chi connectivity index (χ0v) is 13.6. The highest BCUT2D eigenvalue weighted by Crippen LogP contribution is 2.24. The minimum atomic E-state index is -0.189. The van der Waals surface area contributed by atoms with E-state index in [4.69, 9.17) is 0 Å². The fourth-order valence-electron chi connectivity index (χ4n) is 2.09. The van der Waals surface area contributed by atoms with Crippen molar-refractivity contribution < 1.29 is 9.90 Å². The second kappa shape index (κ2) is 6.76. The van der Waals surface area contributed by atoms with Crippen molar-refractivity contribution in [2.75, 3.05) is 6.54 Å². The Morgan fingerprint density at radius 1 is 1.38 bits per heavy atom. The van der Waals surface area contributed by atoms with Gasteiger partial charge in [0.2, 0.25) is 0 Å². The molecule has 5 nitrogen and oxygen atoms in total. The lowest BCUT2D eigenvalue weighted by Crippen LogP contribution is -2.25. The van der Waals surface area contributed by atoms with E-state index < -0.39 is 0 Å². The van der Waals surface area contributed by atoms with E-state index in [0.717, 1.165) is 24.4 Å². The Balaban J connectivity index is 1.81. The summed E-state index contributed by atoms with van der Waals surface area (Å²) in [5.74, 6) is -0.128. The molecule has 2 N–H and O–H groups in total. The lowest BCUT2D eigenvalue weighted by atomic mass is 10.2. The first kappa shape index (κ1) is 15.6. The molecule has 0 aliphatic carbocycles. The van der Waals surface area contributed by atoms with Crippen molar-refractivity contribution in [3.8, 4) is 5.75 Å². The van der Waals surface area contributed by atoms with Crippen molar-refractivity contribution in [3.63, 3.8) is 0 Å². The second-order valence-corrected chi connectivity index (χ2v) is 5.78. The smallest absolute Gasteiger partial charge is 0.251 e. The van der Waals surface area contributed by atoms with Crippen LogP contribution in [0.1, 0.15) is 28.2 Å². The van der Waals surface area contributed by atoms with E-state index in [2.05, 4.69) is 26.3 Å². The minimum Gasteiger partial charge on any atom is -0.507 e. The van der Waals surface area contributed by atoms with Gasteiger partial charge in [0, 0.05) is 24.3 Å². The molecule has 0 bridgehead atoms. The van der Waals surface area contributed by atoms with Gasteiger partial charge in [0.1, 0.15) is 5.75 Å². The highest BCUT2D eigenvalue weighted by atomic mass is 79.9. The van der Waals surface area contributed by atoms with E-state index in [9.17, 15) is 9.90 Å². The summed E-state index contributed by atoms with van der Waals surface area (Å²) < 4.78 is 2.51. The van der Waals surface area contributed by atoms with Gasteiger partial charge in [-0.3, -0.25) is 9.48 Å². The van der Waals surface area contributed by atoms with Gasteiger partial charge in [-0.15, -0.1) is 0 Å². The first-order chi connectivity index (χ1) is 9.97. The maximum Gasteiger partial charge on any atom is 0.251 e. The van der Waals surface area contributed by atoms with Crippen LogP contribution in [0.4, 0.5) is 0 Å². The monoisotopic (exact) mass is 351 g/mol. The summed E-state index contributed by atoms with van der Waals surface area (Å²) in [4.78, 5) is 11.9. The fourth-order valence-corrected chi connectivity index (χ4v) is 2.33. The van der Waals surface area contributed by atoms with E-state index in [1.54, 1.807) is 12.1 Å². The average Bonchev–Trinajstić information content (AvgIpc) is 2.76. The molecule has 2 aromatic rings. The largest absolute Gasteiger partial charge is 0.507 e. The second-order valence-electron chi connectivity index (χ2n) is 4.93. The summed E-state index contributed by atoms with van der Waals surface area (Å²) in [5.41, 5.74) is 2.57. The van der Waals surface area contributed by atoms with Crippen LogP contribution in [-0.2, 0) is 6.54 Å². The number of hydrogen-bond acceptors (Lipinski definition) is 3. The van der Waals surface area contributed by atoms with E-state index in [1.165, 1.54) is 6.07 Å². The molecule has 0 radical (unpaired) electrons. The third kappa shape index (κ3) is 4.07. The number of nitrogens with zero attached hydrogens (tertiary/aromatic N) is 2. The molecule has 0 aliphatic rings. The van der Waals surface area contributed by atoms with Crippen LogP contribution in [0.2, 0.25) is 0 Å². The maximum absolute atomic E-state index is 11.9. The number of nitrogens with one attached hydrogen (secondary N) is 1. The van der Waals surface area contributed by atoms with Crippen molar-refractivity contribution in [1.29, 1.82) is 0 Å². The molecule has 0 fully saturated rings. The van der Waals surface area contributed by atoms with Gasteiger partial charge in [0.05, 0.1) is 10.2 Å². The molecule has 2 rings (SSSR count). The van der Waals surface area contributed by atoms with Crippen LogP contribution in [0.25, 0.3) is 0 Å². The Bertz CT molecular complexity index is 652. The van der Waals surface area contributed by atoms with E-state index in [-0.39, 0.29) is 11.7 Å². The van der Waals surface area contributed by atoms with Gasteiger partial charge in [-0.25, -0.2) is 0 Å². The standard InChI is InChI=1S/C15H18BrN3O2/c1-10-8-11(2)19(18-10)7-3-6-17-15(21)12-4-5-13(16)14(20)9-12/h4-5,8-9,20H,3,6-7H2,1-2H3,(H,17,21). The van der Waals surface area contributed by atoms with E-state index in [0.29, 0.717) is 16.6 Å². The number of aromatic nitrogens is 2. The van der Waals surface area contributed by atoms with Crippen molar-refractivity contribution >= 4 is 21.8 Å². The Kier molecular flexibility index (Phi) is 5.01. The first-order valence-corrected chi connectivity index (χ1v) is 7.54. The maximum atomic E-state index is 11.9. The normalized spacial score (nSPS) is 10.6. The molecule has 0 spiro atoms. The molecule has 0 atom stereocenters. The van der Waals surface area contributed by atoms with E-state index >= 15 is 0 Å². The van der Waals surface area contributed by atoms with Gasteiger partial charge in [-0.2, -0.15) is 5.10 Å². The summed E-state index contributed by atoms with van der Waals surface area (Å²) >= 11 is 3.19. The molecule has 21 heavy (non-hydrogen) atoms. The van der Waals surface area contributed by atoms with Gasteiger partial charge >= 0.3 is 0 Å². The van der Waals surface area contributed by atoms with Crippen LogP contribution < -0.4 is 5.32 Å². The third-order valence-corrected chi connectivity index (χ3v) is 3.81. The quantitative estimate of drug-likeness (QED) is 0.814. The number of carbonyl (C=O) groups excluding carboxylic acids is 1. The number of phenolic OH excluding ortho intramolecular Hbond substituents is 1. The van der Waals surface area contributed by atoms with Gasteiger partial charge in [-0.05, 0) is 60.5 Å². The van der Waals surface area contributed by atoms with Crippen LogP contribution in [-0.4, -0.2) is 27.3 Å². The van der Waals surface area contributed by atoms with Crippen LogP contribution in [0, 0.1) is 13.8 Å². The van der Waals surface area contributed by atoms with Crippen LogP contribution in [0.3, 0.4) is 0 Å². The molecule has 1 heterocycles. The molecular formula is C15H18BrN3O2. The lowest BCUT2D eigenvalue weighted by molar-refractivity contribution is 0.0952. The van der Waals surface area contributed by atoms with Gasteiger partial charge in [0.15, 0.2) is 0 Å². The van der Waals surface area contributed by atoms with Crippen LogP contribution >= 0.6 is 15.9 Å². The van der Waals surface area contributed by atoms with E-state index in [1.807, 2.05) is 24.6 Å². The highest BCUT2D eigenvalue weighted by molar-refractivity contribution is 9.10. The Labute approximate surface area is 132 Å². The van der Waals surface area contributed by atoms with Crippen molar-refractivity contribution in [2.24, 2.45) is 0 Å². The summed E-state index contributed by atoms with van der Waals surface area (Å²) in [6.07, 6.45) is 0.802. The van der Waals surface area contributed by atoms with Crippen molar-refractivity contribution in [3.05, 3.63) is 45.7 Å². The number of hydrogen-bond donors (Lipinski definition) is 2. The predicted octanol–water partition coefficient (Wildman–Crippen LogP) is 2.79. The molecule has 1 aromatic heterocycles. The summed E-state index contributed by atoms with van der Waals surface area (Å²) in [5, 5.41) is 16.8. The summed E-state index contributed by atoms with van der Waals surface area (Å²) in [6.45, 7) is 5.31. The highest BCUT2D eigenvalue weighted by Gasteiger charge is 2.08. The number of phenols is 1. The Morgan fingerprint density at radius 3 is 2.76 bits per heavy atom. The zero-order valence-electron chi connectivity index (χ0n) is 12.1. The molecule has 0 saturated carbocycles. The van der Waals surface area contributed by atoms with Crippen molar-refractivity contribution in [2.45, 2.75) is 26.8 Å². The predicted molar refractivity (Wildman–Crippen MR) is 84.5 cm³/mol. The number of aryl methyl sites for hydroxylation is 3. The first-order valence-electron chi connectivity index (χ1n) is 6.75. The number of halogens is 1. The third-order valence-electron chi connectivity index (χ3n) is 3.14. The molecular weight excluding hydrogens is 334 g/mol. The lowest BCUT2D eigenvalue weighted by Gasteiger charge is -2.07. The molecule has 0 aliphatic heterocycles. The molecule has 6 heteroatoms.